The van der Waals surface area contributed by atoms with E-state index in [1.54, 1.807) is 24.3 Å². The fourth-order valence-corrected chi connectivity index (χ4v) is 2.91. The van der Waals surface area contributed by atoms with Crippen LogP contribution in [0.1, 0.15) is 27.6 Å². The maximum absolute atomic E-state index is 12.4. The monoisotopic (exact) mass is 353 g/mol. The highest BCUT2D eigenvalue weighted by Crippen LogP contribution is 2.27. The van der Waals surface area contributed by atoms with Gasteiger partial charge in [0.25, 0.3) is 5.91 Å². The van der Waals surface area contributed by atoms with E-state index in [-0.39, 0.29) is 18.2 Å². The molecule has 1 aromatic carbocycles. The Labute approximate surface area is 137 Å². The summed E-state index contributed by atoms with van der Waals surface area (Å²) in [5.41, 5.74) is 1.06. The van der Waals surface area contributed by atoms with E-state index in [0.717, 1.165) is 0 Å². The Morgan fingerprint density at radius 3 is 2.42 bits per heavy atom. The summed E-state index contributed by atoms with van der Waals surface area (Å²) in [6.07, 6.45) is -0.944. The molecule has 1 aliphatic heterocycles. The molecule has 0 saturated heterocycles. The Bertz CT molecular complexity index is 838. The van der Waals surface area contributed by atoms with Crippen LogP contribution in [-0.2, 0) is 23.3 Å². The largest absolute Gasteiger partial charge is 0.471 e. The quantitative estimate of drug-likeness (QED) is 0.844. The van der Waals surface area contributed by atoms with Crippen molar-refractivity contribution in [2.75, 3.05) is 0 Å². The van der Waals surface area contributed by atoms with Crippen LogP contribution in [0.25, 0.3) is 0 Å². The molecule has 1 aromatic heterocycles. The van der Waals surface area contributed by atoms with Gasteiger partial charge in [-0.2, -0.15) is 22.5 Å². The lowest BCUT2D eigenvalue weighted by atomic mass is 10.1. The molecule has 24 heavy (non-hydrogen) atoms. The normalized spacial score (nSPS) is 14.3. The van der Waals surface area contributed by atoms with Gasteiger partial charge in [0, 0.05) is 12.0 Å². The number of carbonyl (C=O) groups excluding carboxylic acids is 1. The highest BCUT2D eigenvalue weighted by Gasteiger charge is 2.38. The number of hydrogen-bond donors (Lipinski definition) is 0. The fraction of sp³-hybridized carbons (Fsp3) is 0.133. The number of hydrogen-bond acceptors (Lipinski definition) is 4. The smallest absolute Gasteiger partial charge is 0.329 e. The average molecular weight is 353 g/mol. The molecule has 1 aliphatic rings. The number of carbonyl (C=O) groups is 1. The second-order valence-electron chi connectivity index (χ2n) is 4.79. The molecule has 3 rings (SSSR count). The van der Waals surface area contributed by atoms with E-state index in [1.165, 1.54) is 0 Å². The number of amides is 1. The van der Waals surface area contributed by atoms with Crippen molar-refractivity contribution in [2.45, 2.75) is 12.6 Å². The Kier molecular flexibility index (Phi) is 4.43. The van der Waals surface area contributed by atoms with E-state index in [2.05, 4.69) is 19.0 Å². The zero-order valence-corrected chi connectivity index (χ0v) is 12.8. The van der Waals surface area contributed by atoms with Gasteiger partial charge in [0.1, 0.15) is 0 Å². The van der Waals surface area contributed by atoms with Crippen molar-refractivity contribution in [2.24, 2.45) is 4.36 Å². The van der Waals surface area contributed by atoms with Crippen LogP contribution in [0, 0.1) is 0 Å². The Morgan fingerprint density at radius 2 is 1.83 bits per heavy atom. The predicted molar refractivity (Wildman–Crippen MR) is 81.0 cm³/mol. The third-order valence-corrected chi connectivity index (χ3v) is 4.26. The number of benzene rings is 1. The Balaban J connectivity index is 1.69. The van der Waals surface area contributed by atoms with Crippen molar-refractivity contribution >= 4 is 16.6 Å². The van der Waals surface area contributed by atoms with E-state index >= 15 is 0 Å². The van der Waals surface area contributed by atoms with Crippen LogP contribution in [0.15, 0.2) is 56.1 Å². The van der Waals surface area contributed by atoms with Gasteiger partial charge in [-0.25, -0.2) is 0 Å². The van der Waals surface area contributed by atoms with E-state index in [9.17, 15) is 18.0 Å². The zero-order chi connectivity index (χ0) is 17.2. The standard InChI is InChI=1S/C15H10F3N3O2S/c16-15(17,18)14-19-12(20-23-14)9-10-3-5-11(6-4-10)13(22)21-24-7-1-2-8-24/h1-8H,9H2. The average Bonchev–Trinajstić information content (AvgIpc) is 3.19. The van der Waals surface area contributed by atoms with E-state index < -0.39 is 22.8 Å². The summed E-state index contributed by atoms with van der Waals surface area (Å²) >= 11 is 0. The summed E-state index contributed by atoms with van der Waals surface area (Å²) in [6.45, 7) is 0. The van der Waals surface area contributed by atoms with E-state index in [0.29, 0.717) is 11.1 Å². The minimum absolute atomic E-state index is 0.0705. The van der Waals surface area contributed by atoms with Gasteiger partial charge in [0.05, 0.1) is 0 Å². The molecule has 9 heteroatoms. The summed E-state index contributed by atoms with van der Waals surface area (Å²) in [5.74, 6) is -1.80. The van der Waals surface area contributed by atoms with Crippen LogP contribution in [0.5, 0.6) is 0 Å². The first-order chi connectivity index (χ1) is 11.4. The van der Waals surface area contributed by atoms with Gasteiger partial charge in [-0.05, 0) is 39.2 Å². The predicted octanol–water partition coefficient (Wildman–Crippen LogP) is 3.66. The molecule has 0 radical (unpaired) electrons. The van der Waals surface area contributed by atoms with Crippen LogP contribution in [0.3, 0.4) is 0 Å². The maximum Gasteiger partial charge on any atom is 0.471 e. The number of alkyl halides is 3. The van der Waals surface area contributed by atoms with Crippen molar-refractivity contribution in [1.82, 2.24) is 10.1 Å². The molecular weight excluding hydrogens is 343 g/mol. The molecule has 0 fully saturated rings. The van der Waals surface area contributed by atoms with Gasteiger partial charge in [-0.3, -0.25) is 4.79 Å². The molecule has 124 valence electrons. The van der Waals surface area contributed by atoms with Crippen LogP contribution >= 0.6 is 0 Å². The number of halogens is 3. The molecule has 2 aromatic rings. The van der Waals surface area contributed by atoms with Gasteiger partial charge in [0.15, 0.2) is 5.82 Å². The minimum atomic E-state index is -4.66. The molecule has 0 spiro atoms. The molecule has 5 nitrogen and oxygen atoms in total. The first-order valence-corrected chi connectivity index (χ1v) is 8.04. The van der Waals surface area contributed by atoms with Gasteiger partial charge in [0.2, 0.25) is 0 Å². The summed E-state index contributed by atoms with van der Waals surface area (Å²) in [6, 6.07) is 6.38. The minimum Gasteiger partial charge on any atom is -0.329 e. The number of aromatic nitrogens is 2. The second kappa shape index (κ2) is 6.52. The second-order valence-corrected chi connectivity index (χ2v) is 6.21. The van der Waals surface area contributed by atoms with Crippen molar-refractivity contribution in [1.29, 1.82) is 0 Å². The van der Waals surface area contributed by atoms with Crippen LogP contribution < -0.4 is 0 Å². The lowest BCUT2D eigenvalue weighted by molar-refractivity contribution is -0.159. The lowest BCUT2D eigenvalue weighted by Gasteiger charge is -2.00. The molecule has 0 N–H and O–H groups in total. The molecule has 0 unspecified atom stereocenters. The van der Waals surface area contributed by atoms with Crippen LogP contribution in [-0.4, -0.2) is 16.0 Å². The van der Waals surface area contributed by atoms with Crippen molar-refractivity contribution in [3.05, 3.63) is 70.1 Å². The van der Waals surface area contributed by atoms with Crippen molar-refractivity contribution < 1.29 is 22.5 Å². The molecule has 1 amide bonds. The first kappa shape index (κ1) is 16.3. The van der Waals surface area contributed by atoms with Gasteiger partial charge < -0.3 is 4.52 Å². The van der Waals surface area contributed by atoms with Gasteiger partial charge >= 0.3 is 12.1 Å². The summed E-state index contributed by atoms with van der Waals surface area (Å²) < 4.78 is 45.4. The van der Waals surface area contributed by atoms with Gasteiger partial charge in [-0.1, -0.05) is 29.4 Å². The topological polar surface area (TPSA) is 68.3 Å². The number of nitrogens with zero attached hydrogens (tertiary/aromatic N) is 3. The highest BCUT2D eigenvalue weighted by atomic mass is 32.2. The number of rotatable bonds is 3. The lowest BCUT2D eigenvalue weighted by Crippen LogP contribution is -2.05. The summed E-state index contributed by atoms with van der Waals surface area (Å²) in [4.78, 5) is 15.3. The number of allylic oxidation sites excluding steroid dienone is 2. The van der Waals surface area contributed by atoms with Crippen LogP contribution in [0.2, 0.25) is 0 Å². The van der Waals surface area contributed by atoms with Gasteiger partial charge in [-0.15, -0.1) is 0 Å². The highest BCUT2D eigenvalue weighted by molar-refractivity contribution is 7.93. The molecule has 0 atom stereocenters. The molecular formula is C15H10F3N3O2S. The third kappa shape index (κ3) is 3.85. The Morgan fingerprint density at radius 1 is 1.17 bits per heavy atom. The molecule has 0 bridgehead atoms. The van der Waals surface area contributed by atoms with Crippen molar-refractivity contribution in [3.8, 4) is 0 Å². The summed E-state index contributed by atoms with van der Waals surface area (Å²) in [7, 11) is -0.525. The van der Waals surface area contributed by atoms with E-state index in [1.807, 2.05) is 23.0 Å². The fourth-order valence-electron chi connectivity index (χ4n) is 1.90. The molecule has 0 saturated carbocycles. The maximum atomic E-state index is 12.4. The molecule has 2 heterocycles. The third-order valence-electron chi connectivity index (χ3n) is 3.01. The Hall–Kier alpha value is -2.55. The van der Waals surface area contributed by atoms with Crippen LogP contribution in [0.4, 0.5) is 13.2 Å². The summed E-state index contributed by atoms with van der Waals surface area (Å²) in [5, 5.41) is 6.94. The van der Waals surface area contributed by atoms with Crippen molar-refractivity contribution in [3.63, 3.8) is 0 Å². The zero-order valence-electron chi connectivity index (χ0n) is 12.0. The van der Waals surface area contributed by atoms with E-state index in [4.69, 9.17) is 0 Å². The SMILES string of the molecule is O=C(N=S1C=CC=C1)c1ccc(Cc2noc(C(F)(F)F)n2)cc1. The first-order valence-electron chi connectivity index (χ1n) is 6.73. The molecule has 0 aliphatic carbocycles.